The van der Waals surface area contributed by atoms with Crippen molar-refractivity contribution in [1.29, 1.82) is 0 Å². The summed E-state index contributed by atoms with van der Waals surface area (Å²) < 4.78 is 20.8. The van der Waals surface area contributed by atoms with E-state index in [1.165, 1.54) is 28.1 Å². The van der Waals surface area contributed by atoms with E-state index in [1.807, 2.05) is 24.3 Å². The number of methoxy groups -OCH3 is 2. The Hall–Kier alpha value is -4.46. The Morgan fingerprint density at radius 1 is 0.618 bits per heavy atom. The van der Waals surface area contributed by atoms with Gasteiger partial charge in [0.15, 0.2) is 23.0 Å². The average Bonchev–Trinajstić information content (AvgIpc) is 2.82. The first-order valence-corrected chi connectivity index (χ1v) is 10.3. The summed E-state index contributed by atoms with van der Waals surface area (Å²) in [5.41, 5.74) is 3.07. The lowest BCUT2D eigenvalue weighted by Gasteiger charge is -2.08. The molecule has 3 rings (SSSR count). The second-order valence-corrected chi connectivity index (χ2v) is 7.04. The maximum absolute atomic E-state index is 11.2. The summed E-state index contributed by atoms with van der Waals surface area (Å²) in [6.45, 7) is 2.67. The Morgan fingerprint density at radius 2 is 1.00 bits per heavy atom. The second-order valence-electron chi connectivity index (χ2n) is 7.04. The molecule has 34 heavy (non-hydrogen) atoms. The number of carbonyl (C=O) groups is 2. The molecule has 0 saturated heterocycles. The molecule has 0 aliphatic rings. The molecule has 0 bridgehead atoms. The first-order valence-electron chi connectivity index (χ1n) is 10.3. The summed E-state index contributed by atoms with van der Waals surface area (Å²) in [7, 11) is 3.01. The van der Waals surface area contributed by atoms with Gasteiger partial charge in [0, 0.05) is 26.3 Å². The minimum Gasteiger partial charge on any atom is -0.493 e. The van der Waals surface area contributed by atoms with E-state index < -0.39 is 11.9 Å². The number of esters is 2. The van der Waals surface area contributed by atoms with Gasteiger partial charge in [-0.2, -0.15) is 0 Å². The average molecular weight is 460 g/mol. The Labute approximate surface area is 197 Å². The number of hydrogen-bond donors (Lipinski definition) is 0. The third kappa shape index (κ3) is 6.77. The molecule has 8 heteroatoms. The molecule has 0 aliphatic carbocycles. The molecule has 0 aliphatic heterocycles. The summed E-state index contributed by atoms with van der Waals surface area (Å²) in [6, 6.07) is 17.7. The van der Waals surface area contributed by atoms with Gasteiger partial charge in [-0.05, 0) is 71.8 Å². The van der Waals surface area contributed by atoms with E-state index in [2.05, 4.69) is 9.98 Å². The Kier molecular flexibility index (Phi) is 8.12. The van der Waals surface area contributed by atoms with Crippen molar-refractivity contribution in [2.75, 3.05) is 14.2 Å². The van der Waals surface area contributed by atoms with E-state index in [0.717, 1.165) is 22.5 Å². The maximum atomic E-state index is 11.2. The van der Waals surface area contributed by atoms with Gasteiger partial charge in [0.25, 0.3) is 0 Å². The molecule has 0 N–H and O–H groups in total. The predicted octanol–water partition coefficient (Wildman–Crippen LogP) is 5.06. The lowest BCUT2D eigenvalue weighted by Crippen LogP contribution is -2.03. The molecule has 0 spiro atoms. The number of ether oxygens (including phenoxy) is 4. The largest absolute Gasteiger partial charge is 0.493 e. The lowest BCUT2D eigenvalue weighted by atomic mass is 10.2. The van der Waals surface area contributed by atoms with Gasteiger partial charge in [-0.3, -0.25) is 19.6 Å². The number of nitrogens with zero attached hydrogens (tertiary/aromatic N) is 2. The van der Waals surface area contributed by atoms with Crippen LogP contribution in [0, 0.1) is 0 Å². The van der Waals surface area contributed by atoms with Crippen LogP contribution in [0.4, 0.5) is 11.4 Å². The van der Waals surface area contributed by atoms with Gasteiger partial charge in [-0.15, -0.1) is 0 Å². The SMILES string of the molecule is COc1cc(C=Nc2ccc(N=Cc3ccc(OC(C)=O)c(OC)c3)cc2)ccc1OC(C)=O. The van der Waals surface area contributed by atoms with Crippen molar-refractivity contribution in [3.63, 3.8) is 0 Å². The van der Waals surface area contributed by atoms with Crippen molar-refractivity contribution < 1.29 is 28.5 Å². The highest BCUT2D eigenvalue weighted by Crippen LogP contribution is 2.29. The summed E-state index contributed by atoms with van der Waals surface area (Å²) in [5.74, 6) is 0.768. The summed E-state index contributed by atoms with van der Waals surface area (Å²) in [5, 5.41) is 0. The number of carbonyl (C=O) groups excluding carboxylic acids is 2. The van der Waals surface area contributed by atoms with Crippen molar-refractivity contribution in [3.8, 4) is 23.0 Å². The highest BCUT2D eigenvalue weighted by molar-refractivity contribution is 5.85. The van der Waals surface area contributed by atoms with Gasteiger partial charge in [-0.25, -0.2) is 0 Å². The minimum atomic E-state index is -0.416. The highest BCUT2D eigenvalue weighted by Gasteiger charge is 2.08. The molecule has 174 valence electrons. The molecule has 0 heterocycles. The molecule has 0 amide bonds. The number of rotatable bonds is 8. The second kappa shape index (κ2) is 11.4. The fourth-order valence-electron chi connectivity index (χ4n) is 2.93. The summed E-state index contributed by atoms with van der Waals surface area (Å²) >= 11 is 0. The third-order valence-electron chi connectivity index (χ3n) is 4.46. The Bertz CT molecular complexity index is 1140. The smallest absolute Gasteiger partial charge is 0.308 e. The zero-order valence-electron chi connectivity index (χ0n) is 19.3. The van der Waals surface area contributed by atoms with Gasteiger partial charge >= 0.3 is 11.9 Å². The van der Waals surface area contributed by atoms with Crippen molar-refractivity contribution in [1.82, 2.24) is 0 Å². The van der Waals surface area contributed by atoms with Gasteiger partial charge < -0.3 is 18.9 Å². The fraction of sp³-hybridized carbons (Fsp3) is 0.154. The zero-order chi connectivity index (χ0) is 24.5. The van der Waals surface area contributed by atoms with Crippen molar-refractivity contribution in [2.45, 2.75) is 13.8 Å². The number of aliphatic imine (C=N–C) groups is 2. The molecule has 0 fully saturated rings. The van der Waals surface area contributed by atoms with E-state index in [-0.39, 0.29) is 0 Å². The monoisotopic (exact) mass is 460 g/mol. The summed E-state index contributed by atoms with van der Waals surface area (Å²) in [4.78, 5) is 31.3. The molecule has 0 radical (unpaired) electrons. The van der Waals surface area contributed by atoms with Crippen molar-refractivity contribution in [3.05, 3.63) is 71.8 Å². The molecule has 0 aromatic heterocycles. The van der Waals surface area contributed by atoms with E-state index in [9.17, 15) is 9.59 Å². The number of benzene rings is 3. The van der Waals surface area contributed by atoms with Crippen LogP contribution < -0.4 is 18.9 Å². The van der Waals surface area contributed by atoms with Crippen molar-refractivity contribution in [2.24, 2.45) is 9.98 Å². The van der Waals surface area contributed by atoms with Crippen molar-refractivity contribution >= 4 is 35.7 Å². The van der Waals surface area contributed by atoms with Crippen LogP contribution >= 0.6 is 0 Å². The van der Waals surface area contributed by atoms with Gasteiger partial charge in [0.1, 0.15) is 0 Å². The first kappa shape index (κ1) is 24.2. The van der Waals surface area contributed by atoms with Gasteiger partial charge in [-0.1, -0.05) is 0 Å². The molecule has 0 atom stereocenters. The molecular weight excluding hydrogens is 436 g/mol. The van der Waals surface area contributed by atoms with E-state index in [4.69, 9.17) is 18.9 Å². The van der Waals surface area contributed by atoms with Crippen LogP contribution in [0.25, 0.3) is 0 Å². The third-order valence-corrected chi connectivity index (χ3v) is 4.46. The van der Waals surface area contributed by atoms with Gasteiger partial charge in [0.05, 0.1) is 25.6 Å². The molecular formula is C26H24N2O6. The molecule has 0 saturated carbocycles. The van der Waals surface area contributed by atoms with Crippen LogP contribution in [-0.2, 0) is 9.59 Å². The quantitative estimate of drug-likeness (QED) is 0.265. The number of hydrogen-bond acceptors (Lipinski definition) is 8. The molecule has 8 nitrogen and oxygen atoms in total. The lowest BCUT2D eigenvalue weighted by molar-refractivity contribution is -0.132. The molecule has 3 aromatic rings. The fourth-order valence-corrected chi connectivity index (χ4v) is 2.93. The molecule has 0 unspecified atom stereocenters. The Balaban J connectivity index is 1.68. The Morgan fingerprint density at radius 3 is 1.32 bits per heavy atom. The summed E-state index contributed by atoms with van der Waals surface area (Å²) in [6.07, 6.45) is 3.38. The van der Waals surface area contributed by atoms with E-state index in [1.54, 1.807) is 48.8 Å². The maximum Gasteiger partial charge on any atom is 0.308 e. The van der Waals surface area contributed by atoms with Crippen LogP contribution in [-0.4, -0.2) is 38.6 Å². The predicted molar refractivity (Wildman–Crippen MR) is 130 cm³/mol. The van der Waals surface area contributed by atoms with Gasteiger partial charge in [0.2, 0.25) is 0 Å². The van der Waals surface area contributed by atoms with E-state index >= 15 is 0 Å². The van der Waals surface area contributed by atoms with Crippen LogP contribution in [0.1, 0.15) is 25.0 Å². The van der Waals surface area contributed by atoms with Crippen LogP contribution in [0.2, 0.25) is 0 Å². The normalized spacial score (nSPS) is 10.9. The van der Waals surface area contributed by atoms with E-state index in [0.29, 0.717) is 23.0 Å². The minimum absolute atomic E-state index is 0.355. The van der Waals surface area contributed by atoms with Crippen LogP contribution in [0.5, 0.6) is 23.0 Å². The first-order chi connectivity index (χ1) is 16.4. The van der Waals surface area contributed by atoms with Crippen LogP contribution in [0.3, 0.4) is 0 Å². The topological polar surface area (TPSA) is 95.8 Å². The molecule has 3 aromatic carbocycles. The zero-order valence-corrected chi connectivity index (χ0v) is 19.3. The highest BCUT2D eigenvalue weighted by atomic mass is 16.6. The van der Waals surface area contributed by atoms with Crippen LogP contribution in [0.15, 0.2) is 70.6 Å². The standard InChI is InChI=1S/C26H24N2O6/c1-17(29)33-23-11-5-19(13-25(23)31-3)15-27-21-7-9-22(10-8-21)28-16-20-6-12-24(34-18(2)30)26(14-20)32-4/h5-16H,1-4H3.